The van der Waals surface area contributed by atoms with Gasteiger partial charge in [-0.05, 0) is 37.3 Å². The molecule has 1 amide bonds. The van der Waals surface area contributed by atoms with Crippen LogP contribution in [0.5, 0.6) is 0 Å². The summed E-state index contributed by atoms with van der Waals surface area (Å²) < 4.78 is 43.4. The lowest BCUT2D eigenvalue weighted by atomic mass is 10.1. The normalized spacial score (nSPS) is 13.0. The molecule has 0 saturated carbocycles. The van der Waals surface area contributed by atoms with Gasteiger partial charge < -0.3 is 15.5 Å². The number of furan rings is 1. The van der Waals surface area contributed by atoms with E-state index in [-0.39, 0.29) is 5.56 Å². The van der Waals surface area contributed by atoms with E-state index in [0.29, 0.717) is 5.76 Å². The molecule has 0 aliphatic heterocycles. The molecule has 0 bridgehead atoms. The number of rotatable bonds is 3. The maximum atomic E-state index is 12.8. The number of hydrogen-bond acceptors (Lipinski definition) is 3. The lowest BCUT2D eigenvalue weighted by molar-refractivity contribution is -0.136. The van der Waals surface area contributed by atoms with E-state index in [1.165, 1.54) is 12.3 Å². The molecule has 0 aliphatic carbocycles. The van der Waals surface area contributed by atoms with Crippen LogP contribution in [0.3, 0.4) is 0 Å². The van der Waals surface area contributed by atoms with Crippen molar-refractivity contribution in [2.75, 3.05) is 5.73 Å². The second kappa shape index (κ2) is 5.51. The van der Waals surface area contributed by atoms with Crippen LogP contribution in [-0.4, -0.2) is 5.91 Å². The molecular weight excluding hydrogens is 285 g/mol. The van der Waals surface area contributed by atoms with Crippen LogP contribution in [0, 0.1) is 0 Å². The van der Waals surface area contributed by atoms with Crippen LogP contribution in [0.4, 0.5) is 18.9 Å². The van der Waals surface area contributed by atoms with Gasteiger partial charge in [0.25, 0.3) is 5.91 Å². The molecule has 0 radical (unpaired) electrons. The number of amides is 1. The highest BCUT2D eigenvalue weighted by molar-refractivity contribution is 5.95. The Hall–Kier alpha value is -2.44. The number of nitrogens with one attached hydrogen (secondary N) is 1. The molecule has 1 heterocycles. The summed E-state index contributed by atoms with van der Waals surface area (Å²) in [5.74, 6) is -0.126. The summed E-state index contributed by atoms with van der Waals surface area (Å²) in [6.07, 6.45) is -3.16. The maximum Gasteiger partial charge on any atom is 0.418 e. The van der Waals surface area contributed by atoms with Crippen LogP contribution in [0.2, 0.25) is 0 Å². The van der Waals surface area contributed by atoms with E-state index in [1.807, 2.05) is 0 Å². The molecular formula is C14H13F3N2O2. The minimum atomic E-state index is -4.60. The number of nitrogen functional groups attached to an aromatic ring is 1. The van der Waals surface area contributed by atoms with E-state index in [9.17, 15) is 18.0 Å². The average Bonchev–Trinajstić information content (AvgIpc) is 2.91. The minimum absolute atomic E-state index is 0.116. The first-order valence-corrected chi connectivity index (χ1v) is 6.10. The smallest absolute Gasteiger partial charge is 0.418 e. The SMILES string of the molecule is CC(NC(=O)c1ccc(N)c(C(F)(F)F)c1)c1ccco1. The molecule has 21 heavy (non-hydrogen) atoms. The van der Waals surface area contributed by atoms with E-state index in [4.69, 9.17) is 10.2 Å². The molecule has 0 fully saturated rings. The predicted octanol–water partition coefficient (Wildman–Crippen LogP) is 3.37. The van der Waals surface area contributed by atoms with E-state index in [0.717, 1.165) is 12.1 Å². The highest BCUT2D eigenvalue weighted by atomic mass is 19.4. The molecule has 0 saturated heterocycles. The highest BCUT2D eigenvalue weighted by Gasteiger charge is 2.33. The molecule has 7 heteroatoms. The van der Waals surface area contributed by atoms with Crippen molar-refractivity contribution in [3.8, 4) is 0 Å². The van der Waals surface area contributed by atoms with Gasteiger partial charge in [-0.25, -0.2) is 0 Å². The number of carbonyl (C=O) groups excluding carboxylic acids is 1. The van der Waals surface area contributed by atoms with Crippen LogP contribution >= 0.6 is 0 Å². The quantitative estimate of drug-likeness (QED) is 0.854. The Morgan fingerprint density at radius 3 is 2.62 bits per heavy atom. The predicted molar refractivity (Wildman–Crippen MR) is 70.4 cm³/mol. The van der Waals surface area contributed by atoms with E-state index >= 15 is 0 Å². The summed E-state index contributed by atoms with van der Waals surface area (Å²) in [5.41, 5.74) is 3.73. The van der Waals surface area contributed by atoms with Gasteiger partial charge in [-0.2, -0.15) is 13.2 Å². The average molecular weight is 298 g/mol. The molecule has 2 aromatic rings. The Labute approximate surface area is 118 Å². The van der Waals surface area contributed by atoms with Crippen molar-refractivity contribution in [3.05, 3.63) is 53.5 Å². The van der Waals surface area contributed by atoms with Crippen molar-refractivity contribution in [1.82, 2.24) is 5.32 Å². The topological polar surface area (TPSA) is 68.3 Å². The third kappa shape index (κ3) is 3.36. The second-order valence-corrected chi connectivity index (χ2v) is 4.51. The Bertz CT molecular complexity index is 636. The molecule has 112 valence electrons. The van der Waals surface area contributed by atoms with E-state index in [2.05, 4.69) is 5.32 Å². The van der Waals surface area contributed by atoms with Gasteiger partial charge in [0.2, 0.25) is 0 Å². The van der Waals surface area contributed by atoms with E-state index in [1.54, 1.807) is 19.1 Å². The van der Waals surface area contributed by atoms with Gasteiger partial charge in [-0.1, -0.05) is 0 Å². The Morgan fingerprint density at radius 1 is 1.33 bits per heavy atom. The maximum absolute atomic E-state index is 12.8. The summed E-state index contributed by atoms with van der Waals surface area (Å²) in [6, 6.07) is 5.90. The zero-order valence-corrected chi connectivity index (χ0v) is 11.1. The second-order valence-electron chi connectivity index (χ2n) is 4.51. The molecule has 4 nitrogen and oxygen atoms in total. The first kappa shape index (κ1) is 15.0. The summed E-state index contributed by atoms with van der Waals surface area (Å²) in [5, 5.41) is 2.56. The van der Waals surface area contributed by atoms with Crippen molar-refractivity contribution in [2.45, 2.75) is 19.1 Å². The number of alkyl halides is 3. The Kier molecular flexibility index (Phi) is 3.93. The molecule has 0 aliphatic rings. The van der Waals surface area contributed by atoms with Crippen molar-refractivity contribution in [3.63, 3.8) is 0 Å². The third-order valence-corrected chi connectivity index (χ3v) is 2.94. The van der Waals surface area contributed by atoms with Gasteiger partial charge in [-0.15, -0.1) is 0 Å². The molecule has 1 aromatic heterocycles. The summed E-state index contributed by atoms with van der Waals surface area (Å²) >= 11 is 0. The molecule has 2 rings (SSSR count). The van der Waals surface area contributed by atoms with Crippen molar-refractivity contribution >= 4 is 11.6 Å². The highest BCUT2D eigenvalue weighted by Crippen LogP contribution is 2.34. The van der Waals surface area contributed by atoms with Crippen LogP contribution in [0.25, 0.3) is 0 Å². The van der Waals surface area contributed by atoms with Crippen LogP contribution in [0.15, 0.2) is 41.0 Å². The summed E-state index contributed by atoms with van der Waals surface area (Å²) in [6.45, 7) is 1.67. The fraction of sp³-hybridized carbons (Fsp3) is 0.214. The lowest BCUT2D eigenvalue weighted by Gasteiger charge is -2.14. The van der Waals surface area contributed by atoms with Gasteiger partial charge in [-0.3, -0.25) is 4.79 Å². The zero-order valence-electron chi connectivity index (χ0n) is 11.1. The van der Waals surface area contributed by atoms with Crippen molar-refractivity contribution in [1.29, 1.82) is 0 Å². The van der Waals surface area contributed by atoms with Crippen molar-refractivity contribution < 1.29 is 22.4 Å². The first-order chi connectivity index (χ1) is 9.79. The lowest BCUT2D eigenvalue weighted by Crippen LogP contribution is -2.26. The van der Waals surface area contributed by atoms with Gasteiger partial charge in [0.05, 0.1) is 17.9 Å². The largest absolute Gasteiger partial charge is 0.467 e. The van der Waals surface area contributed by atoms with Crippen molar-refractivity contribution in [2.24, 2.45) is 0 Å². The first-order valence-electron chi connectivity index (χ1n) is 6.10. The van der Waals surface area contributed by atoms with Gasteiger partial charge >= 0.3 is 6.18 Å². The monoisotopic (exact) mass is 298 g/mol. The Morgan fingerprint density at radius 2 is 2.05 bits per heavy atom. The van der Waals surface area contributed by atoms with E-state index < -0.39 is 29.4 Å². The van der Waals surface area contributed by atoms with Crippen LogP contribution in [0.1, 0.15) is 34.6 Å². The standard InChI is InChI=1S/C14H13F3N2O2/c1-8(12-3-2-6-21-12)19-13(20)9-4-5-11(18)10(7-9)14(15,16)17/h2-8H,18H2,1H3,(H,19,20). The summed E-state index contributed by atoms with van der Waals surface area (Å²) in [4.78, 5) is 12.0. The van der Waals surface area contributed by atoms with Gasteiger partial charge in [0.15, 0.2) is 0 Å². The van der Waals surface area contributed by atoms with Gasteiger partial charge in [0.1, 0.15) is 5.76 Å². The molecule has 1 unspecified atom stereocenters. The Balaban J connectivity index is 2.20. The number of hydrogen-bond donors (Lipinski definition) is 2. The number of benzene rings is 1. The number of anilines is 1. The van der Waals surface area contributed by atoms with Crippen LogP contribution in [-0.2, 0) is 6.18 Å². The molecule has 1 atom stereocenters. The molecule has 1 aromatic carbocycles. The third-order valence-electron chi connectivity index (χ3n) is 2.94. The zero-order chi connectivity index (χ0) is 15.6. The number of nitrogens with two attached hydrogens (primary N) is 1. The fourth-order valence-corrected chi connectivity index (χ4v) is 1.83. The fourth-order valence-electron chi connectivity index (χ4n) is 1.83. The number of halogens is 3. The number of carbonyl (C=O) groups is 1. The molecule has 0 spiro atoms. The van der Waals surface area contributed by atoms with Crippen LogP contribution < -0.4 is 11.1 Å². The van der Waals surface area contributed by atoms with Gasteiger partial charge in [0, 0.05) is 11.3 Å². The summed E-state index contributed by atoms with van der Waals surface area (Å²) in [7, 11) is 0. The minimum Gasteiger partial charge on any atom is -0.467 e. The molecule has 3 N–H and O–H groups in total.